The lowest BCUT2D eigenvalue weighted by molar-refractivity contribution is 0.384. The summed E-state index contributed by atoms with van der Waals surface area (Å²) in [6.45, 7) is 3.67. The van der Waals surface area contributed by atoms with Crippen LogP contribution in [-0.4, -0.2) is 59.1 Å². The summed E-state index contributed by atoms with van der Waals surface area (Å²) < 4.78 is 28.3. The third-order valence-electron chi connectivity index (χ3n) is 5.58. The molecule has 0 saturated carbocycles. The molecule has 0 amide bonds. The van der Waals surface area contributed by atoms with Crippen LogP contribution in [0.2, 0.25) is 0 Å². The number of hydrogen-bond acceptors (Lipinski definition) is 7. The van der Waals surface area contributed by atoms with Crippen LogP contribution in [0.3, 0.4) is 0 Å². The van der Waals surface area contributed by atoms with E-state index in [0.29, 0.717) is 37.4 Å². The Balaban J connectivity index is 1.33. The lowest BCUT2D eigenvalue weighted by atomic mass is 10.2. The first-order valence-electron chi connectivity index (χ1n) is 10.4. The molecule has 5 rings (SSSR count). The van der Waals surface area contributed by atoms with E-state index >= 15 is 0 Å². The van der Waals surface area contributed by atoms with Crippen molar-refractivity contribution >= 4 is 26.7 Å². The van der Waals surface area contributed by atoms with Gasteiger partial charge in [-0.25, -0.2) is 8.42 Å². The topological polar surface area (TPSA) is 92.2 Å². The largest absolute Gasteiger partial charge is 0.352 e. The summed E-state index contributed by atoms with van der Waals surface area (Å²) in [6.07, 6.45) is 1.72. The van der Waals surface area contributed by atoms with E-state index in [1.54, 1.807) is 18.3 Å². The van der Waals surface area contributed by atoms with Gasteiger partial charge in [0, 0.05) is 43.5 Å². The molecule has 32 heavy (non-hydrogen) atoms. The second-order valence-electron chi connectivity index (χ2n) is 7.66. The molecule has 0 radical (unpaired) electrons. The highest BCUT2D eigenvalue weighted by atomic mass is 32.2. The minimum Gasteiger partial charge on any atom is -0.352 e. The number of fused-ring (bicyclic) bond motifs is 1. The molecule has 162 valence electrons. The Kier molecular flexibility index (Phi) is 5.28. The van der Waals surface area contributed by atoms with Gasteiger partial charge in [-0.1, -0.05) is 24.3 Å². The van der Waals surface area contributed by atoms with Crippen LogP contribution in [0.25, 0.3) is 22.3 Å². The first-order chi connectivity index (χ1) is 15.5. The summed E-state index contributed by atoms with van der Waals surface area (Å²) in [5, 5.41) is 9.44. The van der Waals surface area contributed by atoms with Crippen molar-refractivity contribution in [3.05, 3.63) is 72.6 Å². The Morgan fingerprint density at radius 2 is 1.66 bits per heavy atom. The van der Waals surface area contributed by atoms with E-state index in [9.17, 15) is 8.42 Å². The third kappa shape index (κ3) is 3.80. The molecule has 1 saturated heterocycles. The van der Waals surface area contributed by atoms with Crippen molar-refractivity contribution in [2.24, 2.45) is 0 Å². The predicted molar refractivity (Wildman–Crippen MR) is 123 cm³/mol. The van der Waals surface area contributed by atoms with Gasteiger partial charge in [-0.2, -0.15) is 4.31 Å². The summed E-state index contributed by atoms with van der Waals surface area (Å²) in [5.74, 6) is 0.726. The zero-order valence-corrected chi connectivity index (χ0v) is 18.4. The predicted octanol–water partition coefficient (Wildman–Crippen LogP) is 2.91. The molecule has 1 aromatic carbocycles. The van der Waals surface area contributed by atoms with Crippen molar-refractivity contribution in [1.29, 1.82) is 0 Å². The molecule has 9 heteroatoms. The van der Waals surface area contributed by atoms with E-state index < -0.39 is 10.0 Å². The molecule has 8 nitrogen and oxygen atoms in total. The number of rotatable bonds is 4. The molecule has 3 aromatic heterocycles. The Morgan fingerprint density at radius 3 is 2.38 bits per heavy atom. The van der Waals surface area contributed by atoms with Gasteiger partial charge in [-0.15, -0.1) is 10.2 Å². The molecule has 0 bridgehead atoms. The van der Waals surface area contributed by atoms with Gasteiger partial charge in [0.2, 0.25) is 10.0 Å². The minimum absolute atomic E-state index is 0.256. The Bertz CT molecular complexity index is 1350. The molecule has 0 spiro atoms. The van der Waals surface area contributed by atoms with E-state index in [0.717, 1.165) is 22.6 Å². The average molecular weight is 447 g/mol. The van der Waals surface area contributed by atoms with Crippen LogP contribution >= 0.6 is 0 Å². The highest BCUT2D eigenvalue weighted by molar-refractivity contribution is 7.89. The van der Waals surface area contributed by atoms with Crippen molar-refractivity contribution in [3.63, 3.8) is 0 Å². The molecule has 0 atom stereocenters. The Labute approximate surface area is 186 Å². The quantitative estimate of drug-likeness (QED) is 0.476. The molecular weight excluding hydrogens is 424 g/mol. The molecule has 1 aliphatic rings. The number of aryl methyl sites for hydroxylation is 1. The van der Waals surface area contributed by atoms with E-state index in [2.05, 4.69) is 20.2 Å². The van der Waals surface area contributed by atoms with Gasteiger partial charge in [0.15, 0.2) is 5.82 Å². The molecule has 4 aromatic rings. The number of benzene rings is 1. The molecule has 0 unspecified atom stereocenters. The van der Waals surface area contributed by atoms with Crippen molar-refractivity contribution in [2.75, 3.05) is 31.1 Å². The third-order valence-corrected chi connectivity index (χ3v) is 7.51. The Morgan fingerprint density at radius 1 is 0.812 bits per heavy atom. The smallest absolute Gasteiger partial charge is 0.245 e. The highest BCUT2D eigenvalue weighted by Crippen LogP contribution is 2.26. The van der Waals surface area contributed by atoms with Gasteiger partial charge in [-0.05, 0) is 43.3 Å². The van der Waals surface area contributed by atoms with Crippen LogP contribution in [0.15, 0.2) is 71.8 Å². The van der Waals surface area contributed by atoms with Crippen molar-refractivity contribution < 1.29 is 8.42 Å². The number of para-hydroxylation sites is 1. The maximum atomic E-state index is 13.4. The van der Waals surface area contributed by atoms with Gasteiger partial charge in [0.25, 0.3) is 0 Å². The molecule has 1 aliphatic heterocycles. The molecular formula is C23H22N6O2S. The maximum Gasteiger partial charge on any atom is 0.245 e. The first-order valence-corrected chi connectivity index (χ1v) is 11.8. The number of anilines is 1. The van der Waals surface area contributed by atoms with Crippen LogP contribution < -0.4 is 4.90 Å². The lowest BCUT2D eigenvalue weighted by Crippen LogP contribution is -2.49. The monoisotopic (exact) mass is 446 g/mol. The number of nitrogens with zero attached hydrogens (tertiary/aromatic N) is 6. The zero-order valence-electron chi connectivity index (χ0n) is 17.6. The fourth-order valence-corrected chi connectivity index (χ4v) is 5.45. The van der Waals surface area contributed by atoms with Gasteiger partial charge >= 0.3 is 0 Å². The number of sulfonamides is 1. The van der Waals surface area contributed by atoms with Gasteiger partial charge in [0.05, 0.1) is 11.2 Å². The summed E-state index contributed by atoms with van der Waals surface area (Å²) in [4.78, 5) is 11.1. The molecule has 4 heterocycles. The number of piperazine rings is 1. The molecule has 1 fully saturated rings. The van der Waals surface area contributed by atoms with Crippen molar-refractivity contribution in [3.8, 4) is 11.4 Å². The minimum atomic E-state index is -3.65. The zero-order chi connectivity index (χ0) is 22.1. The number of aromatic nitrogens is 4. The summed E-state index contributed by atoms with van der Waals surface area (Å²) >= 11 is 0. The fourth-order valence-electron chi connectivity index (χ4n) is 3.87. The number of hydrogen-bond donors (Lipinski definition) is 0. The second-order valence-corrected chi connectivity index (χ2v) is 9.57. The Hall–Kier alpha value is -3.43. The van der Waals surface area contributed by atoms with Crippen LogP contribution in [0.4, 0.5) is 5.82 Å². The summed E-state index contributed by atoms with van der Waals surface area (Å²) in [5.41, 5.74) is 2.78. The number of pyridine rings is 2. The van der Waals surface area contributed by atoms with Gasteiger partial charge in [-0.3, -0.25) is 9.97 Å². The van der Waals surface area contributed by atoms with Gasteiger partial charge < -0.3 is 4.90 Å². The van der Waals surface area contributed by atoms with Crippen LogP contribution in [0, 0.1) is 6.92 Å². The first kappa shape index (κ1) is 20.5. The van der Waals surface area contributed by atoms with Crippen molar-refractivity contribution in [2.45, 2.75) is 11.8 Å². The maximum absolute atomic E-state index is 13.4. The van der Waals surface area contributed by atoms with Gasteiger partial charge in [0.1, 0.15) is 10.6 Å². The lowest BCUT2D eigenvalue weighted by Gasteiger charge is -2.34. The fraction of sp³-hybridized carbons (Fsp3) is 0.217. The van der Waals surface area contributed by atoms with Crippen LogP contribution in [0.1, 0.15) is 5.69 Å². The standard InChI is InChI=1S/C23H22N6O2S/c1-17-8-9-18-5-4-7-21(23(18)25-17)32(30,31)29-15-13-28(14-16-29)22-11-10-20(26-27-22)19-6-2-3-12-24-19/h2-12H,13-16H2,1H3. The van der Waals surface area contributed by atoms with Crippen LogP contribution in [0.5, 0.6) is 0 Å². The normalized spacial score (nSPS) is 15.2. The summed E-state index contributed by atoms with van der Waals surface area (Å²) in [6, 6.07) is 18.5. The van der Waals surface area contributed by atoms with E-state index in [-0.39, 0.29) is 4.90 Å². The molecule has 0 N–H and O–H groups in total. The second kappa shape index (κ2) is 8.25. The SMILES string of the molecule is Cc1ccc2cccc(S(=O)(=O)N3CCN(c4ccc(-c5ccccn5)nn4)CC3)c2n1. The van der Waals surface area contributed by atoms with E-state index in [4.69, 9.17) is 0 Å². The summed E-state index contributed by atoms with van der Waals surface area (Å²) in [7, 11) is -3.65. The highest BCUT2D eigenvalue weighted by Gasteiger charge is 2.30. The van der Waals surface area contributed by atoms with E-state index in [1.165, 1.54) is 4.31 Å². The van der Waals surface area contributed by atoms with E-state index in [1.807, 2.05) is 60.4 Å². The molecule has 0 aliphatic carbocycles. The van der Waals surface area contributed by atoms with Crippen LogP contribution in [-0.2, 0) is 10.0 Å². The average Bonchev–Trinajstić information content (AvgIpc) is 2.84. The van der Waals surface area contributed by atoms with Crippen molar-refractivity contribution in [1.82, 2.24) is 24.5 Å².